The van der Waals surface area contributed by atoms with Crippen molar-refractivity contribution in [2.75, 3.05) is 29.3 Å². The Morgan fingerprint density at radius 3 is 2.25 bits per heavy atom. The number of hydrogen-bond acceptors (Lipinski definition) is 9. The van der Waals surface area contributed by atoms with Gasteiger partial charge < -0.3 is 9.47 Å². The van der Waals surface area contributed by atoms with Gasteiger partial charge >= 0.3 is 16.2 Å². The van der Waals surface area contributed by atoms with Crippen LogP contribution in [-0.4, -0.2) is 53.6 Å². The monoisotopic (exact) mass is 635 g/mol. The highest BCUT2D eigenvalue weighted by Gasteiger charge is 2.23. The Labute approximate surface area is 224 Å². The van der Waals surface area contributed by atoms with Gasteiger partial charge in [-0.1, -0.05) is 28.1 Å². The molecule has 0 bridgehead atoms. The van der Waals surface area contributed by atoms with Crippen molar-refractivity contribution < 1.29 is 17.9 Å². The van der Waals surface area contributed by atoms with Gasteiger partial charge in [0.25, 0.3) is 0 Å². The van der Waals surface area contributed by atoms with Crippen LogP contribution in [-0.2, 0) is 10.2 Å². The molecule has 0 unspecified atom stereocenters. The molecule has 186 valence electrons. The van der Waals surface area contributed by atoms with Crippen molar-refractivity contribution in [3.63, 3.8) is 0 Å². The number of nitrogens with zero attached hydrogens (tertiary/aromatic N) is 6. The van der Waals surface area contributed by atoms with Crippen LogP contribution in [0.2, 0.25) is 0 Å². The maximum absolute atomic E-state index is 13.1. The van der Waals surface area contributed by atoms with Crippen LogP contribution >= 0.6 is 31.9 Å². The third-order valence-corrected chi connectivity index (χ3v) is 7.03. The molecule has 0 saturated heterocycles. The van der Waals surface area contributed by atoms with Crippen LogP contribution in [0.1, 0.15) is 0 Å². The molecular weight excluding hydrogens is 618 g/mol. The van der Waals surface area contributed by atoms with Gasteiger partial charge in [-0.05, 0) is 45.8 Å². The van der Waals surface area contributed by atoms with Crippen molar-refractivity contribution in [1.29, 1.82) is 0 Å². The normalized spacial score (nSPS) is 11.1. The summed E-state index contributed by atoms with van der Waals surface area (Å²) < 4.78 is 42.8. The van der Waals surface area contributed by atoms with Crippen LogP contribution in [0.3, 0.4) is 0 Å². The molecule has 0 spiro atoms. The quantitative estimate of drug-likeness (QED) is 0.255. The summed E-state index contributed by atoms with van der Waals surface area (Å²) in [6.45, 7) is 0.236. The van der Waals surface area contributed by atoms with Gasteiger partial charge in [-0.3, -0.25) is 9.29 Å². The van der Waals surface area contributed by atoms with E-state index >= 15 is 0 Å². The number of ether oxygens (including phenoxy) is 2. The Kier molecular flexibility index (Phi) is 8.28. The lowest BCUT2D eigenvalue weighted by Crippen LogP contribution is -2.33. The molecule has 0 aliphatic carbocycles. The van der Waals surface area contributed by atoms with Crippen LogP contribution in [0.4, 0.5) is 11.5 Å². The van der Waals surface area contributed by atoms with Crippen LogP contribution in [0.15, 0.2) is 76.5 Å². The summed E-state index contributed by atoms with van der Waals surface area (Å²) in [5.74, 6) is 0.234. The van der Waals surface area contributed by atoms with Crippen molar-refractivity contribution in [1.82, 2.24) is 24.9 Å². The van der Waals surface area contributed by atoms with E-state index in [4.69, 9.17) is 9.47 Å². The second-order valence-electron chi connectivity index (χ2n) is 7.07. The second kappa shape index (κ2) is 11.6. The summed E-state index contributed by atoms with van der Waals surface area (Å²) in [5.41, 5.74) is 1.45. The molecule has 1 aromatic carbocycles. The second-order valence-corrected chi connectivity index (χ2v) is 10.6. The lowest BCUT2D eigenvalue weighted by Gasteiger charge is -2.21. The van der Waals surface area contributed by atoms with Crippen molar-refractivity contribution in [2.45, 2.75) is 0 Å². The first-order chi connectivity index (χ1) is 17.3. The molecule has 0 saturated carbocycles. The fourth-order valence-electron chi connectivity index (χ4n) is 2.96. The molecule has 0 fully saturated rings. The van der Waals surface area contributed by atoms with E-state index in [0.717, 1.165) is 13.3 Å². The van der Waals surface area contributed by atoms with Crippen LogP contribution in [0.5, 0.6) is 11.9 Å². The fourth-order valence-corrected chi connectivity index (χ4v) is 4.37. The molecule has 3 aromatic heterocycles. The molecule has 3 heterocycles. The first-order valence-corrected chi connectivity index (χ1v) is 13.4. The number of rotatable bonds is 10. The van der Waals surface area contributed by atoms with Gasteiger partial charge in [0.15, 0.2) is 5.82 Å². The summed E-state index contributed by atoms with van der Waals surface area (Å²) in [4.78, 5) is 20.4. The summed E-state index contributed by atoms with van der Waals surface area (Å²) in [6.07, 6.45) is 7.38. The van der Waals surface area contributed by atoms with Gasteiger partial charge in [-0.2, -0.15) is 8.42 Å². The number of hydrogen-bond donors (Lipinski definition) is 1. The number of nitrogens with one attached hydrogen (secondary N) is 1. The Morgan fingerprint density at radius 2 is 1.56 bits per heavy atom. The van der Waals surface area contributed by atoms with E-state index in [1.807, 2.05) is 12.1 Å². The SMILES string of the molecule is CN(c1ccncc1)S(=O)(=O)Nc1ncnc(OCCOc2ncc(Br)cn2)c1-c1ccc(Br)cc1. The van der Waals surface area contributed by atoms with E-state index in [9.17, 15) is 8.42 Å². The molecule has 1 N–H and O–H groups in total. The maximum Gasteiger partial charge on any atom is 0.324 e. The predicted molar refractivity (Wildman–Crippen MR) is 141 cm³/mol. The van der Waals surface area contributed by atoms with Gasteiger partial charge in [-0.25, -0.2) is 24.7 Å². The van der Waals surface area contributed by atoms with Crippen molar-refractivity contribution >= 4 is 53.6 Å². The molecule has 0 atom stereocenters. The predicted octanol–water partition coefficient (Wildman–Crippen LogP) is 4.10. The minimum Gasteiger partial charge on any atom is -0.473 e. The number of pyridine rings is 1. The molecule has 4 rings (SSSR count). The number of halogens is 2. The first-order valence-electron chi connectivity index (χ1n) is 10.3. The Morgan fingerprint density at radius 1 is 0.889 bits per heavy atom. The van der Waals surface area contributed by atoms with Crippen molar-refractivity contribution in [3.05, 3.63) is 76.5 Å². The summed E-state index contributed by atoms with van der Waals surface area (Å²) >= 11 is 6.67. The van der Waals surface area contributed by atoms with E-state index in [1.165, 1.54) is 25.8 Å². The van der Waals surface area contributed by atoms with Crippen LogP contribution < -0.4 is 18.5 Å². The van der Waals surface area contributed by atoms with E-state index in [1.54, 1.807) is 36.7 Å². The van der Waals surface area contributed by atoms with E-state index in [2.05, 4.69) is 61.5 Å². The van der Waals surface area contributed by atoms with Crippen molar-refractivity contribution in [2.24, 2.45) is 0 Å². The highest BCUT2D eigenvalue weighted by molar-refractivity contribution is 9.10. The summed E-state index contributed by atoms with van der Waals surface area (Å²) in [6, 6.07) is 10.6. The molecule has 36 heavy (non-hydrogen) atoms. The Balaban J connectivity index is 1.59. The van der Waals surface area contributed by atoms with Crippen LogP contribution in [0.25, 0.3) is 11.1 Å². The van der Waals surface area contributed by atoms with E-state index in [0.29, 0.717) is 16.8 Å². The highest BCUT2D eigenvalue weighted by atomic mass is 79.9. The largest absolute Gasteiger partial charge is 0.473 e. The molecule has 0 amide bonds. The zero-order chi connectivity index (χ0) is 25.5. The third kappa shape index (κ3) is 6.44. The van der Waals surface area contributed by atoms with E-state index < -0.39 is 10.2 Å². The lowest BCUT2D eigenvalue weighted by molar-refractivity contribution is 0.202. The minimum atomic E-state index is -4.03. The summed E-state index contributed by atoms with van der Waals surface area (Å²) in [5, 5.41) is 0. The van der Waals surface area contributed by atoms with Crippen LogP contribution in [0, 0.1) is 0 Å². The first kappa shape index (κ1) is 25.7. The number of anilines is 2. The van der Waals surface area contributed by atoms with Gasteiger partial charge in [0, 0.05) is 36.3 Å². The highest BCUT2D eigenvalue weighted by Crippen LogP contribution is 2.35. The van der Waals surface area contributed by atoms with Gasteiger partial charge in [0.1, 0.15) is 19.5 Å². The molecule has 0 aliphatic heterocycles. The Hall–Kier alpha value is -3.36. The molecule has 11 nitrogen and oxygen atoms in total. The smallest absolute Gasteiger partial charge is 0.324 e. The van der Waals surface area contributed by atoms with Gasteiger partial charge in [0.05, 0.1) is 15.7 Å². The molecule has 14 heteroatoms. The average molecular weight is 637 g/mol. The number of aromatic nitrogens is 5. The minimum absolute atomic E-state index is 0.0559. The van der Waals surface area contributed by atoms with Gasteiger partial charge in [0.2, 0.25) is 5.88 Å². The zero-order valence-corrected chi connectivity index (χ0v) is 22.7. The van der Waals surface area contributed by atoms with Crippen molar-refractivity contribution in [3.8, 4) is 23.0 Å². The number of benzene rings is 1. The molecular formula is C22H19Br2N7O4S. The topological polar surface area (TPSA) is 132 Å². The standard InChI is InChI=1S/C22H19Br2N7O4S/c1-31(18-6-8-25-9-7-18)36(32,33)30-20-19(15-2-4-16(23)5-3-15)21(29-14-28-20)34-10-11-35-22-26-12-17(24)13-27-22/h2-9,12-14H,10-11H2,1H3,(H,28,29,30). The molecule has 4 aromatic rings. The molecule has 0 aliphatic rings. The van der Waals surface area contributed by atoms with Gasteiger partial charge in [-0.15, -0.1) is 0 Å². The Bertz CT molecular complexity index is 1410. The fraction of sp³-hybridized carbons (Fsp3) is 0.136. The third-order valence-electron chi connectivity index (χ3n) is 4.71. The van der Waals surface area contributed by atoms with E-state index in [-0.39, 0.29) is 30.9 Å². The summed E-state index contributed by atoms with van der Waals surface area (Å²) in [7, 11) is -2.60. The molecule has 0 radical (unpaired) electrons. The maximum atomic E-state index is 13.1. The average Bonchev–Trinajstić information content (AvgIpc) is 2.88. The zero-order valence-electron chi connectivity index (χ0n) is 18.7. The lowest BCUT2D eigenvalue weighted by atomic mass is 10.1.